The Morgan fingerprint density at radius 1 is 1.32 bits per heavy atom. The van der Waals surface area contributed by atoms with E-state index < -0.39 is 17.4 Å². The first-order valence-corrected chi connectivity index (χ1v) is 9.04. The van der Waals surface area contributed by atoms with Gasteiger partial charge >= 0.3 is 5.97 Å². The molecular formula is C20H23NO4. The monoisotopic (exact) mass is 341 g/mol. The van der Waals surface area contributed by atoms with E-state index in [1.807, 2.05) is 43.3 Å². The summed E-state index contributed by atoms with van der Waals surface area (Å²) < 4.78 is 11.4. The number of aryl methyl sites for hydroxylation is 1. The molecule has 2 bridgehead atoms. The minimum atomic E-state index is -0.693. The van der Waals surface area contributed by atoms with Gasteiger partial charge in [-0.05, 0) is 30.5 Å². The lowest BCUT2D eigenvalue weighted by Crippen LogP contribution is -2.40. The first kappa shape index (κ1) is 16.3. The van der Waals surface area contributed by atoms with Gasteiger partial charge in [0.2, 0.25) is 5.91 Å². The van der Waals surface area contributed by atoms with E-state index in [2.05, 4.69) is 6.92 Å². The second-order valence-corrected chi connectivity index (χ2v) is 7.01. The summed E-state index contributed by atoms with van der Waals surface area (Å²) >= 11 is 0. The van der Waals surface area contributed by atoms with Gasteiger partial charge in [0, 0.05) is 5.69 Å². The SMILES string of the molecule is CCCOC(=O)[C@@H]1[C@H]2C(=O)N(c3ccc(CC)cc3)C[C@]23C=C[C@H]1O3. The summed E-state index contributed by atoms with van der Waals surface area (Å²) in [5.41, 5.74) is 1.39. The number of anilines is 1. The second-order valence-electron chi connectivity index (χ2n) is 7.01. The van der Waals surface area contributed by atoms with Crippen molar-refractivity contribution in [3.63, 3.8) is 0 Å². The molecule has 0 radical (unpaired) electrons. The van der Waals surface area contributed by atoms with Crippen molar-refractivity contribution in [3.8, 4) is 0 Å². The van der Waals surface area contributed by atoms with Gasteiger partial charge in [0.15, 0.2) is 0 Å². The van der Waals surface area contributed by atoms with Gasteiger partial charge in [0.1, 0.15) is 11.5 Å². The van der Waals surface area contributed by atoms with Gasteiger partial charge in [0.05, 0.1) is 25.2 Å². The maximum absolute atomic E-state index is 13.1. The highest BCUT2D eigenvalue weighted by molar-refractivity contribution is 6.02. The van der Waals surface area contributed by atoms with Crippen LogP contribution in [0.25, 0.3) is 0 Å². The molecule has 1 amide bonds. The molecule has 3 aliphatic rings. The van der Waals surface area contributed by atoms with Crippen molar-refractivity contribution in [1.82, 2.24) is 0 Å². The van der Waals surface area contributed by atoms with Crippen LogP contribution < -0.4 is 4.90 Å². The molecule has 2 fully saturated rings. The van der Waals surface area contributed by atoms with Gasteiger partial charge in [-0.25, -0.2) is 0 Å². The number of nitrogens with zero attached hydrogens (tertiary/aromatic N) is 1. The molecule has 1 aromatic carbocycles. The summed E-state index contributed by atoms with van der Waals surface area (Å²) in [6.07, 6.45) is 5.25. The third-order valence-electron chi connectivity index (χ3n) is 5.48. The lowest BCUT2D eigenvalue weighted by atomic mass is 9.77. The van der Waals surface area contributed by atoms with Crippen molar-refractivity contribution in [2.45, 2.75) is 38.4 Å². The number of hydrogen-bond acceptors (Lipinski definition) is 4. The molecule has 0 N–H and O–H groups in total. The molecule has 0 unspecified atom stereocenters. The molecule has 1 aromatic rings. The van der Waals surface area contributed by atoms with Crippen molar-refractivity contribution >= 4 is 17.6 Å². The number of carbonyl (C=O) groups is 2. The predicted octanol–water partition coefficient (Wildman–Crippen LogP) is 2.49. The zero-order chi connectivity index (χ0) is 17.6. The van der Waals surface area contributed by atoms with E-state index in [-0.39, 0.29) is 18.0 Å². The van der Waals surface area contributed by atoms with Crippen LogP contribution in [0, 0.1) is 11.8 Å². The highest BCUT2D eigenvalue weighted by atomic mass is 16.6. The molecule has 132 valence electrons. The number of rotatable bonds is 5. The molecule has 0 saturated carbocycles. The maximum Gasteiger partial charge on any atom is 0.312 e. The zero-order valence-electron chi connectivity index (χ0n) is 14.6. The number of ether oxygens (including phenoxy) is 2. The van der Waals surface area contributed by atoms with Gasteiger partial charge < -0.3 is 14.4 Å². The van der Waals surface area contributed by atoms with Gasteiger partial charge in [-0.15, -0.1) is 0 Å². The van der Waals surface area contributed by atoms with Crippen LogP contribution in [0.5, 0.6) is 0 Å². The average Bonchev–Trinajstić information content (AvgIpc) is 3.28. The minimum absolute atomic E-state index is 0.0467. The Hall–Kier alpha value is -2.14. The summed E-state index contributed by atoms with van der Waals surface area (Å²) in [6.45, 7) is 4.88. The Kier molecular flexibility index (Phi) is 3.91. The van der Waals surface area contributed by atoms with E-state index in [9.17, 15) is 9.59 Å². The number of hydrogen-bond donors (Lipinski definition) is 0. The van der Waals surface area contributed by atoms with Crippen molar-refractivity contribution in [2.75, 3.05) is 18.1 Å². The molecule has 0 aliphatic carbocycles. The number of amides is 1. The minimum Gasteiger partial charge on any atom is -0.465 e. The number of carbonyl (C=O) groups excluding carboxylic acids is 2. The van der Waals surface area contributed by atoms with Crippen LogP contribution in [0.3, 0.4) is 0 Å². The fourth-order valence-electron chi connectivity index (χ4n) is 4.20. The van der Waals surface area contributed by atoms with E-state index in [0.717, 1.165) is 18.5 Å². The van der Waals surface area contributed by atoms with E-state index in [1.165, 1.54) is 5.56 Å². The molecule has 3 heterocycles. The summed E-state index contributed by atoms with van der Waals surface area (Å²) in [4.78, 5) is 27.4. The van der Waals surface area contributed by atoms with E-state index in [1.54, 1.807) is 4.90 Å². The van der Waals surface area contributed by atoms with Crippen LogP contribution >= 0.6 is 0 Å². The van der Waals surface area contributed by atoms with Crippen LogP contribution in [0.2, 0.25) is 0 Å². The Morgan fingerprint density at radius 2 is 2.08 bits per heavy atom. The van der Waals surface area contributed by atoms with Crippen molar-refractivity contribution < 1.29 is 19.1 Å². The largest absolute Gasteiger partial charge is 0.465 e. The first-order chi connectivity index (χ1) is 12.1. The first-order valence-electron chi connectivity index (χ1n) is 9.04. The molecule has 2 saturated heterocycles. The second kappa shape index (κ2) is 5.99. The standard InChI is InChI=1S/C20H23NO4/c1-3-11-24-19(23)16-15-9-10-20(25-15)12-21(18(22)17(16)20)14-7-5-13(4-2)6-8-14/h5-10,15-17H,3-4,11-12H2,1-2H3/t15-,16+,17+,20-/m1/s1. The zero-order valence-corrected chi connectivity index (χ0v) is 14.6. The molecule has 4 rings (SSSR count). The lowest BCUT2D eigenvalue weighted by Gasteiger charge is -2.22. The van der Waals surface area contributed by atoms with Crippen LogP contribution in [0.15, 0.2) is 36.4 Å². The van der Waals surface area contributed by atoms with Crippen molar-refractivity contribution in [2.24, 2.45) is 11.8 Å². The highest BCUT2D eigenvalue weighted by Gasteiger charge is 2.67. The molecule has 1 spiro atoms. The van der Waals surface area contributed by atoms with E-state index >= 15 is 0 Å². The third-order valence-corrected chi connectivity index (χ3v) is 5.48. The van der Waals surface area contributed by atoms with Gasteiger partial charge in [-0.1, -0.05) is 38.1 Å². The third kappa shape index (κ3) is 2.41. The molecule has 0 aromatic heterocycles. The van der Waals surface area contributed by atoms with E-state index in [4.69, 9.17) is 9.47 Å². The van der Waals surface area contributed by atoms with Crippen molar-refractivity contribution in [3.05, 3.63) is 42.0 Å². The Bertz CT molecular complexity index is 726. The number of fused-ring (bicyclic) bond motifs is 1. The van der Waals surface area contributed by atoms with Crippen molar-refractivity contribution in [1.29, 1.82) is 0 Å². The van der Waals surface area contributed by atoms with Crippen LogP contribution in [-0.4, -0.2) is 36.7 Å². The smallest absolute Gasteiger partial charge is 0.312 e. The fraction of sp³-hybridized carbons (Fsp3) is 0.500. The summed E-state index contributed by atoms with van der Waals surface area (Å²) in [5, 5.41) is 0. The number of esters is 1. The average molecular weight is 341 g/mol. The van der Waals surface area contributed by atoms with Crippen LogP contribution in [0.4, 0.5) is 5.69 Å². The quantitative estimate of drug-likeness (QED) is 0.610. The van der Waals surface area contributed by atoms with Crippen LogP contribution in [0.1, 0.15) is 25.8 Å². The van der Waals surface area contributed by atoms with Gasteiger partial charge in [0.25, 0.3) is 0 Å². The van der Waals surface area contributed by atoms with E-state index in [0.29, 0.717) is 13.2 Å². The molecular weight excluding hydrogens is 318 g/mol. The molecule has 5 heteroatoms. The summed E-state index contributed by atoms with van der Waals surface area (Å²) in [7, 11) is 0. The van der Waals surface area contributed by atoms with Gasteiger partial charge in [-0.2, -0.15) is 0 Å². The Morgan fingerprint density at radius 3 is 2.76 bits per heavy atom. The molecule has 4 atom stereocenters. The molecule has 25 heavy (non-hydrogen) atoms. The van der Waals surface area contributed by atoms with Gasteiger partial charge in [-0.3, -0.25) is 9.59 Å². The lowest BCUT2D eigenvalue weighted by molar-refractivity contribution is -0.152. The molecule has 3 aliphatic heterocycles. The van der Waals surface area contributed by atoms with Crippen LogP contribution in [-0.2, 0) is 25.5 Å². The Labute approximate surface area is 147 Å². The summed E-state index contributed by atoms with van der Waals surface area (Å²) in [6, 6.07) is 8.01. The summed E-state index contributed by atoms with van der Waals surface area (Å²) in [5.74, 6) is -1.39. The Balaban J connectivity index is 1.61. The topological polar surface area (TPSA) is 55.8 Å². The highest BCUT2D eigenvalue weighted by Crippen LogP contribution is 2.52. The number of benzene rings is 1. The fourth-order valence-corrected chi connectivity index (χ4v) is 4.20. The molecule has 5 nitrogen and oxygen atoms in total. The normalized spacial score (nSPS) is 32.3. The predicted molar refractivity (Wildman–Crippen MR) is 93.1 cm³/mol. The maximum atomic E-state index is 13.1.